The van der Waals surface area contributed by atoms with Gasteiger partial charge in [-0.1, -0.05) is 0 Å². The van der Waals surface area contributed by atoms with E-state index in [0.29, 0.717) is 23.6 Å². The van der Waals surface area contributed by atoms with Crippen LogP contribution in [-0.2, 0) is 0 Å². The van der Waals surface area contributed by atoms with Crippen LogP contribution in [0.1, 0.15) is 19.8 Å². The third-order valence-corrected chi connectivity index (χ3v) is 3.95. The summed E-state index contributed by atoms with van der Waals surface area (Å²) in [6.07, 6.45) is 4.43. The topological polar surface area (TPSA) is 120 Å². The van der Waals surface area contributed by atoms with Crippen LogP contribution in [0.15, 0.2) is 18.3 Å². The molecule has 0 radical (unpaired) electrons. The largest absolute Gasteiger partial charge is 0.384 e. The molecule has 6 N–H and O–H groups in total. The zero-order valence-corrected chi connectivity index (χ0v) is 12.2. The Labute approximate surface area is 126 Å². The van der Waals surface area contributed by atoms with E-state index in [9.17, 15) is 0 Å². The van der Waals surface area contributed by atoms with Crippen molar-refractivity contribution in [2.45, 2.75) is 25.8 Å². The van der Waals surface area contributed by atoms with Gasteiger partial charge < -0.3 is 21.4 Å². The number of nitrogen functional groups attached to an aromatic ring is 1. The van der Waals surface area contributed by atoms with Gasteiger partial charge in [0.25, 0.3) is 0 Å². The predicted molar refractivity (Wildman–Crippen MR) is 86.0 cm³/mol. The van der Waals surface area contributed by atoms with Crippen LogP contribution in [0.2, 0.25) is 0 Å². The van der Waals surface area contributed by atoms with Crippen LogP contribution in [0.3, 0.4) is 0 Å². The molecule has 0 spiro atoms. The molecule has 1 fully saturated rings. The Morgan fingerprint density at radius 2 is 2.23 bits per heavy atom. The van der Waals surface area contributed by atoms with E-state index in [1.807, 2.05) is 12.3 Å². The molecule has 1 aliphatic carbocycles. The summed E-state index contributed by atoms with van der Waals surface area (Å²) >= 11 is 0. The molecule has 3 aromatic heterocycles. The molecule has 0 saturated heterocycles. The Morgan fingerprint density at radius 3 is 2.95 bits per heavy atom. The molecule has 3 aromatic rings. The molecule has 3 heterocycles. The van der Waals surface area contributed by atoms with Crippen LogP contribution >= 0.6 is 0 Å². The fourth-order valence-corrected chi connectivity index (χ4v) is 2.55. The van der Waals surface area contributed by atoms with Gasteiger partial charge in [-0.2, -0.15) is 15.1 Å². The maximum atomic E-state index is 5.62. The summed E-state index contributed by atoms with van der Waals surface area (Å²) in [7, 11) is 0. The number of fused-ring (bicyclic) bond motifs is 1. The Bertz CT molecular complexity index is 800. The Balaban J connectivity index is 1.66. The van der Waals surface area contributed by atoms with E-state index in [2.05, 4.69) is 42.7 Å². The fourth-order valence-electron chi connectivity index (χ4n) is 2.55. The summed E-state index contributed by atoms with van der Waals surface area (Å²) in [6.45, 7) is 2.19. The Hall–Kier alpha value is -2.77. The second kappa shape index (κ2) is 4.90. The molecule has 22 heavy (non-hydrogen) atoms. The van der Waals surface area contributed by atoms with Gasteiger partial charge in [0.05, 0.1) is 5.39 Å². The number of aromatic nitrogens is 5. The molecule has 0 bridgehead atoms. The summed E-state index contributed by atoms with van der Waals surface area (Å²) in [5.74, 6) is 3.13. The smallest absolute Gasteiger partial charge is 0.232 e. The lowest BCUT2D eigenvalue weighted by atomic mass is 10.2. The van der Waals surface area contributed by atoms with Gasteiger partial charge in [-0.25, -0.2) is 0 Å². The summed E-state index contributed by atoms with van der Waals surface area (Å²) < 4.78 is 0. The molecule has 1 aliphatic rings. The maximum absolute atomic E-state index is 5.62. The first-order valence-electron chi connectivity index (χ1n) is 7.38. The number of hydrogen-bond acceptors (Lipinski definition) is 6. The molecule has 0 unspecified atom stereocenters. The van der Waals surface area contributed by atoms with E-state index in [0.717, 1.165) is 22.8 Å². The van der Waals surface area contributed by atoms with Crippen molar-refractivity contribution in [3.05, 3.63) is 18.3 Å². The van der Waals surface area contributed by atoms with Crippen LogP contribution in [0, 0.1) is 5.92 Å². The minimum Gasteiger partial charge on any atom is -0.384 e. The molecule has 114 valence electrons. The van der Waals surface area contributed by atoms with Crippen molar-refractivity contribution in [2.24, 2.45) is 5.92 Å². The zero-order valence-electron chi connectivity index (χ0n) is 12.2. The highest BCUT2D eigenvalue weighted by Gasteiger charge is 2.28. The first-order valence-corrected chi connectivity index (χ1v) is 7.38. The van der Waals surface area contributed by atoms with Crippen molar-refractivity contribution in [2.75, 3.05) is 16.4 Å². The highest BCUT2D eigenvalue weighted by atomic mass is 15.3. The van der Waals surface area contributed by atoms with Gasteiger partial charge in [0.2, 0.25) is 5.95 Å². The molecule has 8 nitrogen and oxygen atoms in total. The number of rotatable bonds is 5. The van der Waals surface area contributed by atoms with Gasteiger partial charge in [0, 0.05) is 18.3 Å². The maximum Gasteiger partial charge on any atom is 0.232 e. The molecular weight excluding hydrogens is 280 g/mol. The fraction of sp³-hybridized carbons (Fsp3) is 0.357. The van der Waals surface area contributed by atoms with Crippen molar-refractivity contribution < 1.29 is 0 Å². The van der Waals surface area contributed by atoms with Gasteiger partial charge in [-0.15, -0.1) is 0 Å². The molecule has 1 saturated carbocycles. The molecule has 8 heteroatoms. The summed E-state index contributed by atoms with van der Waals surface area (Å²) in [4.78, 5) is 12.2. The van der Waals surface area contributed by atoms with Gasteiger partial charge in [0.15, 0.2) is 5.82 Å². The van der Waals surface area contributed by atoms with Gasteiger partial charge in [0.1, 0.15) is 17.3 Å². The lowest BCUT2D eigenvalue weighted by molar-refractivity contribution is 0.691. The average molecular weight is 298 g/mol. The number of aromatic amines is 2. The van der Waals surface area contributed by atoms with Crippen LogP contribution in [-0.4, -0.2) is 31.2 Å². The van der Waals surface area contributed by atoms with Crippen molar-refractivity contribution >= 4 is 34.4 Å². The molecular formula is C14H18N8. The number of anilines is 4. The minimum absolute atomic E-state index is 0.405. The first-order chi connectivity index (χ1) is 10.7. The van der Waals surface area contributed by atoms with Crippen LogP contribution in [0.25, 0.3) is 11.0 Å². The Kier molecular flexibility index (Phi) is 2.88. The van der Waals surface area contributed by atoms with E-state index in [1.165, 1.54) is 12.8 Å². The Morgan fingerprint density at radius 1 is 1.36 bits per heavy atom. The average Bonchev–Trinajstić information content (AvgIpc) is 3.11. The number of nitrogens with one attached hydrogen (secondary N) is 4. The molecule has 4 rings (SSSR count). The third-order valence-electron chi connectivity index (χ3n) is 3.95. The van der Waals surface area contributed by atoms with E-state index in [-0.39, 0.29) is 0 Å². The lowest BCUT2D eigenvalue weighted by Crippen LogP contribution is -2.18. The highest BCUT2D eigenvalue weighted by Crippen LogP contribution is 2.34. The van der Waals surface area contributed by atoms with Gasteiger partial charge >= 0.3 is 0 Å². The van der Waals surface area contributed by atoms with Crippen LogP contribution < -0.4 is 16.4 Å². The number of nitrogens with two attached hydrogens (primary N) is 1. The highest BCUT2D eigenvalue weighted by molar-refractivity contribution is 5.88. The van der Waals surface area contributed by atoms with Crippen molar-refractivity contribution in [3.63, 3.8) is 0 Å². The van der Waals surface area contributed by atoms with Crippen LogP contribution in [0.5, 0.6) is 0 Å². The summed E-state index contributed by atoms with van der Waals surface area (Å²) in [5, 5.41) is 14.3. The summed E-state index contributed by atoms with van der Waals surface area (Å²) in [6, 6.07) is 4.08. The molecule has 1 atom stereocenters. The van der Waals surface area contributed by atoms with Gasteiger partial charge in [-0.05, 0) is 31.7 Å². The van der Waals surface area contributed by atoms with Crippen molar-refractivity contribution in [1.82, 2.24) is 25.1 Å². The minimum atomic E-state index is 0.405. The normalized spacial score (nSPS) is 15.9. The van der Waals surface area contributed by atoms with Crippen molar-refractivity contribution in [3.8, 4) is 0 Å². The first kappa shape index (κ1) is 12.9. The quantitative estimate of drug-likeness (QED) is 0.492. The van der Waals surface area contributed by atoms with Crippen molar-refractivity contribution in [1.29, 1.82) is 0 Å². The second-order valence-corrected chi connectivity index (χ2v) is 5.74. The predicted octanol–water partition coefficient (Wildman–Crippen LogP) is 2.22. The summed E-state index contributed by atoms with van der Waals surface area (Å²) in [5.41, 5.74) is 6.41. The standard InChI is InChI=1S/C14H18N8/c1-7(8-2-3-8)17-13-9-4-5-16-12(9)19-14(20-13)18-11-6-10(15)21-22-11/h4-8H,2-3H2,1H3,(H6,15,16,17,18,19,20,21,22)/t7-/m0/s1. The third kappa shape index (κ3) is 2.43. The number of H-pyrrole nitrogens is 2. The molecule has 0 aromatic carbocycles. The van der Waals surface area contributed by atoms with E-state index in [4.69, 9.17) is 5.73 Å². The molecule has 0 aliphatic heterocycles. The number of nitrogens with zero attached hydrogens (tertiary/aromatic N) is 3. The monoisotopic (exact) mass is 298 g/mol. The lowest BCUT2D eigenvalue weighted by Gasteiger charge is -2.15. The van der Waals surface area contributed by atoms with Gasteiger partial charge in [-0.3, -0.25) is 5.10 Å². The molecule has 0 amide bonds. The SMILES string of the molecule is C[C@H](Nc1nc(Nc2cc(N)[nH]n2)nc2[nH]ccc12)C1CC1. The van der Waals surface area contributed by atoms with E-state index in [1.54, 1.807) is 6.07 Å². The van der Waals surface area contributed by atoms with Crippen LogP contribution in [0.4, 0.5) is 23.4 Å². The zero-order chi connectivity index (χ0) is 15.1. The van der Waals surface area contributed by atoms with E-state index < -0.39 is 0 Å². The van der Waals surface area contributed by atoms with E-state index >= 15 is 0 Å². The second-order valence-electron chi connectivity index (χ2n) is 5.74. The number of hydrogen-bond donors (Lipinski definition) is 5.